The van der Waals surface area contributed by atoms with Gasteiger partial charge in [0.2, 0.25) is 0 Å². The quantitative estimate of drug-likeness (QED) is 0.669. The van der Waals surface area contributed by atoms with Crippen molar-refractivity contribution in [3.63, 3.8) is 0 Å². The molecular weight excluding hydrogens is 246 g/mol. The molecule has 2 aromatic heterocycles. The van der Waals surface area contributed by atoms with Crippen LogP contribution in [0, 0.1) is 6.92 Å². The molecular formula is C12H9N5O2. The highest BCUT2D eigenvalue weighted by atomic mass is 16.2. The van der Waals surface area contributed by atoms with Crippen LogP contribution in [0.15, 0.2) is 39.9 Å². The SMILES string of the molecule is Cc1nnc2[nH]c(=O)n(-c3ccccc3)c(=O)c2n1. The number of nitrogens with one attached hydrogen (secondary N) is 1. The number of hydrogen-bond acceptors (Lipinski definition) is 5. The van der Waals surface area contributed by atoms with Crippen LogP contribution in [0.3, 0.4) is 0 Å². The molecule has 2 heterocycles. The fourth-order valence-electron chi connectivity index (χ4n) is 1.81. The number of hydrogen-bond donors (Lipinski definition) is 1. The van der Waals surface area contributed by atoms with Gasteiger partial charge in [-0.05, 0) is 19.1 Å². The molecule has 0 unspecified atom stereocenters. The van der Waals surface area contributed by atoms with Crippen molar-refractivity contribution in [3.8, 4) is 5.69 Å². The number of para-hydroxylation sites is 1. The molecule has 0 saturated heterocycles. The monoisotopic (exact) mass is 255 g/mol. The Kier molecular flexibility index (Phi) is 2.45. The number of aryl methyl sites for hydroxylation is 1. The highest BCUT2D eigenvalue weighted by molar-refractivity contribution is 5.67. The molecule has 0 aliphatic carbocycles. The summed E-state index contributed by atoms with van der Waals surface area (Å²) in [6.07, 6.45) is 0. The van der Waals surface area contributed by atoms with Gasteiger partial charge in [-0.3, -0.25) is 9.78 Å². The van der Waals surface area contributed by atoms with Crippen LogP contribution in [-0.4, -0.2) is 24.7 Å². The van der Waals surface area contributed by atoms with Crippen LogP contribution in [0.5, 0.6) is 0 Å². The summed E-state index contributed by atoms with van der Waals surface area (Å²) in [7, 11) is 0. The normalized spacial score (nSPS) is 10.8. The van der Waals surface area contributed by atoms with Crippen LogP contribution in [0.1, 0.15) is 5.82 Å². The molecule has 0 spiro atoms. The summed E-state index contributed by atoms with van der Waals surface area (Å²) >= 11 is 0. The lowest BCUT2D eigenvalue weighted by Crippen LogP contribution is -2.34. The van der Waals surface area contributed by atoms with Gasteiger partial charge < -0.3 is 0 Å². The average molecular weight is 255 g/mol. The molecule has 0 fully saturated rings. The summed E-state index contributed by atoms with van der Waals surface area (Å²) in [5, 5.41) is 7.47. The van der Waals surface area contributed by atoms with Crippen molar-refractivity contribution in [2.75, 3.05) is 0 Å². The number of aromatic nitrogens is 5. The van der Waals surface area contributed by atoms with Crippen molar-refractivity contribution in [2.45, 2.75) is 6.92 Å². The van der Waals surface area contributed by atoms with Gasteiger partial charge in [0.15, 0.2) is 11.2 Å². The molecule has 0 bridgehead atoms. The molecule has 0 radical (unpaired) electrons. The third-order valence-corrected chi connectivity index (χ3v) is 2.64. The van der Waals surface area contributed by atoms with E-state index in [1.54, 1.807) is 37.3 Å². The fourth-order valence-corrected chi connectivity index (χ4v) is 1.81. The smallest absolute Gasteiger partial charge is 0.288 e. The first-order chi connectivity index (χ1) is 9.16. The number of nitrogens with zero attached hydrogens (tertiary/aromatic N) is 4. The van der Waals surface area contributed by atoms with E-state index in [4.69, 9.17) is 0 Å². The molecule has 1 aromatic carbocycles. The topological polar surface area (TPSA) is 93.5 Å². The number of H-pyrrole nitrogens is 1. The van der Waals surface area contributed by atoms with E-state index in [-0.39, 0.29) is 11.2 Å². The third kappa shape index (κ3) is 1.81. The lowest BCUT2D eigenvalue weighted by Gasteiger charge is -2.04. The predicted octanol–water partition coefficient (Wildman–Crippen LogP) is 0.172. The maximum Gasteiger partial charge on any atom is 0.334 e. The second-order valence-electron chi connectivity index (χ2n) is 3.96. The van der Waals surface area contributed by atoms with Crippen molar-refractivity contribution in [1.29, 1.82) is 0 Å². The number of fused-ring (bicyclic) bond motifs is 1. The van der Waals surface area contributed by atoms with Gasteiger partial charge >= 0.3 is 5.69 Å². The van der Waals surface area contributed by atoms with Crippen LogP contribution in [0.2, 0.25) is 0 Å². The first kappa shape index (κ1) is 11.3. The van der Waals surface area contributed by atoms with Crippen molar-refractivity contribution in [3.05, 3.63) is 57.0 Å². The zero-order chi connectivity index (χ0) is 13.4. The Bertz CT molecular complexity index is 867. The van der Waals surface area contributed by atoms with Crippen LogP contribution in [-0.2, 0) is 0 Å². The van der Waals surface area contributed by atoms with Crippen molar-refractivity contribution in [2.24, 2.45) is 0 Å². The van der Waals surface area contributed by atoms with Crippen LogP contribution >= 0.6 is 0 Å². The molecule has 19 heavy (non-hydrogen) atoms. The Labute approximate surface area is 106 Å². The maximum atomic E-state index is 12.3. The summed E-state index contributed by atoms with van der Waals surface area (Å²) < 4.78 is 1.02. The molecule has 0 aliphatic heterocycles. The van der Waals surface area contributed by atoms with E-state index in [2.05, 4.69) is 20.2 Å². The number of rotatable bonds is 1. The van der Waals surface area contributed by atoms with Gasteiger partial charge in [-0.15, -0.1) is 10.2 Å². The highest BCUT2D eigenvalue weighted by Gasteiger charge is 2.11. The molecule has 3 aromatic rings. The first-order valence-corrected chi connectivity index (χ1v) is 5.58. The minimum Gasteiger partial charge on any atom is -0.288 e. The van der Waals surface area contributed by atoms with Gasteiger partial charge in [-0.1, -0.05) is 18.2 Å². The van der Waals surface area contributed by atoms with E-state index in [1.165, 1.54) is 0 Å². The third-order valence-electron chi connectivity index (χ3n) is 2.64. The van der Waals surface area contributed by atoms with Gasteiger partial charge in [0.1, 0.15) is 5.82 Å². The minimum absolute atomic E-state index is 0.0905. The predicted molar refractivity (Wildman–Crippen MR) is 68.3 cm³/mol. The van der Waals surface area contributed by atoms with Gasteiger partial charge in [-0.25, -0.2) is 14.3 Å². The Balaban J connectivity index is 2.44. The molecule has 7 heteroatoms. The molecule has 1 N–H and O–H groups in total. The summed E-state index contributed by atoms with van der Waals surface area (Å²) in [6.45, 7) is 1.63. The molecule has 0 saturated carbocycles. The van der Waals surface area contributed by atoms with Gasteiger partial charge in [0, 0.05) is 0 Å². The number of benzene rings is 1. The zero-order valence-corrected chi connectivity index (χ0v) is 9.99. The Morgan fingerprint density at radius 1 is 1.11 bits per heavy atom. The first-order valence-electron chi connectivity index (χ1n) is 5.58. The van der Waals surface area contributed by atoms with E-state index >= 15 is 0 Å². The summed E-state index contributed by atoms with van der Waals surface area (Å²) in [6, 6.07) is 8.63. The molecule has 94 valence electrons. The van der Waals surface area contributed by atoms with E-state index in [1.807, 2.05) is 0 Å². The molecule has 0 atom stereocenters. The largest absolute Gasteiger partial charge is 0.334 e. The van der Waals surface area contributed by atoms with Crippen molar-refractivity contribution < 1.29 is 0 Å². The van der Waals surface area contributed by atoms with E-state index in [0.717, 1.165) is 4.57 Å². The lowest BCUT2D eigenvalue weighted by molar-refractivity contribution is 0.857. The van der Waals surface area contributed by atoms with Crippen LogP contribution < -0.4 is 11.2 Å². The van der Waals surface area contributed by atoms with Crippen molar-refractivity contribution in [1.82, 2.24) is 24.7 Å². The zero-order valence-electron chi connectivity index (χ0n) is 9.99. The average Bonchev–Trinajstić information content (AvgIpc) is 2.41. The maximum absolute atomic E-state index is 12.3. The van der Waals surface area contributed by atoms with Gasteiger partial charge in [0.05, 0.1) is 5.69 Å². The Hall–Kier alpha value is -2.83. The Morgan fingerprint density at radius 2 is 1.84 bits per heavy atom. The molecule has 0 amide bonds. The standard InChI is InChI=1S/C12H9N5O2/c1-7-13-9-10(16-15-7)14-12(19)17(11(9)18)8-5-3-2-4-6-8/h2-6H,1H3,(H,14,16,19). The molecule has 7 nitrogen and oxygen atoms in total. The van der Waals surface area contributed by atoms with E-state index in [9.17, 15) is 9.59 Å². The minimum atomic E-state index is -0.566. The second-order valence-corrected chi connectivity index (χ2v) is 3.96. The van der Waals surface area contributed by atoms with Crippen LogP contribution in [0.25, 0.3) is 16.9 Å². The Morgan fingerprint density at radius 3 is 2.58 bits per heavy atom. The van der Waals surface area contributed by atoms with Crippen LogP contribution in [0.4, 0.5) is 0 Å². The van der Waals surface area contributed by atoms with Gasteiger partial charge in [0.25, 0.3) is 5.56 Å². The van der Waals surface area contributed by atoms with Crippen molar-refractivity contribution >= 4 is 11.2 Å². The van der Waals surface area contributed by atoms with Gasteiger partial charge in [-0.2, -0.15) is 0 Å². The molecule has 3 rings (SSSR count). The highest BCUT2D eigenvalue weighted by Crippen LogP contribution is 2.03. The number of aromatic amines is 1. The summed E-state index contributed by atoms with van der Waals surface area (Å²) in [5.41, 5.74) is -0.415. The van der Waals surface area contributed by atoms with E-state index < -0.39 is 11.2 Å². The summed E-state index contributed by atoms with van der Waals surface area (Å²) in [4.78, 5) is 30.8. The lowest BCUT2D eigenvalue weighted by atomic mass is 10.3. The second kappa shape index (κ2) is 4.13. The fraction of sp³-hybridized carbons (Fsp3) is 0.0833. The van der Waals surface area contributed by atoms with E-state index in [0.29, 0.717) is 11.5 Å². The summed E-state index contributed by atoms with van der Waals surface area (Å²) in [5.74, 6) is 0.372. The molecule has 0 aliphatic rings.